The minimum absolute atomic E-state index is 0.0488. The Labute approximate surface area is 95.9 Å². The molecule has 0 heterocycles. The summed E-state index contributed by atoms with van der Waals surface area (Å²) in [4.78, 5) is 10.8. The van der Waals surface area contributed by atoms with Gasteiger partial charge < -0.3 is 14.6 Å². The van der Waals surface area contributed by atoms with E-state index in [4.69, 9.17) is 14.6 Å². The van der Waals surface area contributed by atoms with Crippen LogP contribution >= 0.6 is 15.9 Å². The molecular formula is C10H11BrO4. The Morgan fingerprint density at radius 1 is 1.53 bits per heavy atom. The molecule has 5 heteroatoms. The first-order chi connectivity index (χ1) is 7.15. The van der Waals surface area contributed by atoms with Crippen LogP contribution in [0.1, 0.15) is 17.3 Å². The second-order valence-corrected chi connectivity index (χ2v) is 3.62. The summed E-state index contributed by atoms with van der Waals surface area (Å²) >= 11 is 3.24. The summed E-state index contributed by atoms with van der Waals surface area (Å²) in [7, 11) is 0. The van der Waals surface area contributed by atoms with Crippen molar-refractivity contribution in [2.45, 2.75) is 6.92 Å². The van der Waals surface area contributed by atoms with E-state index in [-0.39, 0.29) is 12.4 Å². The minimum atomic E-state index is -1.02. The maximum Gasteiger partial charge on any atom is 0.339 e. The predicted octanol–water partition coefficient (Wildman–Crippen LogP) is 2.52. The van der Waals surface area contributed by atoms with E-state index in [9.17, 15) is 4.79 Å². The van der Waals surface area contributed by atoms with Crippen molar-refractivity contribution in [1.82, 2.24) is 0 Å². The molecule has 4 nitrogen and oxygen atoms in total. The number of hydrogen-bond donors (Lipinski definition) is 1. The fourth-order valence-electron chi connectivity index (χ4n) is 0.981. The first kappa shape index (κ1) is 12.0. The summed E-state index contributed by atoms with van der Waals surface area (Å²) in [6.45, 7) is 2.41. The number of ether oxygens (including phenoxy) is 2. The zero-order chi connectivity index (χ0) is 11.3. The predicted molar refractivity (Wildman–Crippen MR) is 58.2 cm³/mol. The maximum atomic E-state index is 10.8. The number of hydrogen-bond acceptors (Lipinski definition) is 3. The molecule has 0 amide bonds. The van der Waals surface area contributed by atoms with Crippen molar-refractivity contribution in [2.24, 2.45) is 0 Å². The number of carbonyl (C=O) groups is 1. The van der Waals surface area contributed by atoms with Gasteiger partial charge in [-0.3, -0.25) is 0 Å². The molecule has 0 radical (unpaired) electrons. The van der Waals surface area contributed by atoms with Crippen molar-refractivity contribution in [3.8, 4) is 5.75 Å². The number of rotatable bonds is 5. The molecule has 1 aromatic carbocycles. The topological polar surface area (TPSA) is 55.8 Å². The molecule has 1 N–H and O–H groups in total. The molecule has 0 aromatic heterocycles. The van der Waals surface area contributed by atoms with Crippen LogP contribution in [0.2, 0.25) is 0 Å². The lowest BCUT2D eigenvalue weighted by molar-refractivity contribution is 0.0213. The van der Waals surface area contributed by atoms with E-state index >= 15 is 0 Å². The molecule has 0 aliphatic heterocycles. The Kier molecular flexibility index (Phi) is 4.58. The number of aromatic carboxylic acids is 1. The molecule has 0 aliphatic rings. The summed E-state index contributed by atoms with van der Waals surface area (Å²) in [5, 5.41) is 8.88. The summed E-state index contributed by atoms with van der Waals surface area (Å²) in [6.07, 6.45) is 0. The van der Waals surface area contributed by atoms with Crippen LogP contribution in [0.25, 0.3) is 0 Å². The largest absolute Gasteiger partial charge is 0.478 e. The molecule has 0 fully saturated rings. The van der Waals surface area contributed by atoms with E-state index in [0.717, 1.165) is 4.47 Å². The van der Waals surface area contributed by atoms with Gasteiger partial charge in [-0.05, 0) is 25.1 Å². The highest BCUT2D eigenvalue weighted by molar-refractivity contribution is 9.10. The van der Waals surface area contributed by atoms with Crippen molar-refractivity contribution in [1.29, 1.82) is 0 Å². The summed E-state index contributed by atoms with van der Waals surface area (Å²) in [5.74, 6) is -0.723. The zero-order valence-electron chi connectivity index (χ0n) is 8.20. The second kappa shape index (κ2) is 5.72. The van der Waals surface area contributed by atoms with E-state index in [1.165, 1.54) is 6.07 Å². The molecule has 0 unspecified atom stereocenters. The monoisotopic (exact) mass is 274 g/mol. The van der Waals surface area contributed by atoms with Gasteiger partial charge in [-0.2, -0.15) is 0 Å². The van der Waals surface area contributed by atoms with Crippen LogP contribution < -0.4 is 4.74 Å². The highest BCUT2D eigenvalue weighted by Gasteiger charge is 2.11. The molecule has 0 spiro atoms. The van der Waals surface area contributed by atoms with Crippen molar-refractivity contribution in [3.05, 3.63) is 28.2 Å². The van der Waals surface area contributed by atoms with E-state index in [0.29, 0.717) is 12.4 Å². The molecule has 0 saturated heterocycles. The molecular weight excluding hydrogens is 264 g/mol. The average Bonchev–Trinajstić information content (AvgIpc) is 2.18. The highest BCUT2D eigenvalue weighted by atomic mass is 79.9. The fraction of sp³-hybridized carbons (Fsp3) is 0.300. The van der Waals surface area contributed by atoms with E-state index in [1.807, 2.05) is 6.92 Å². The lowest BCUT2D eigenvalue weighted by Crippen LogP contribution is -2.06. The Hall–Kier alpha value is -1.07. The van der Waals surface area contributed by atoms with Gasteiger partial charge in [-0.25, -0.2) is 4.79 Å². The number of benzene rings is 1. The van der Waals surface area contributed by atoms with Crippen LogP contribution in [0.15, 0.2) is 22.7 Å². The van der Waals surface area contributed by atoms with Crippen LogP contribution in [0.4, 0.5) is 0 Å². The molecule has 0 saturated carbocycles. The number of carboxylic acids is 1. The Balaban J connectivity index is 2.82. The van der Waals surface area contributed by atoms with E-state index in [2.05, 4.69) is 15.9 Å². The van der Waals surface area contributed by atoms with Gasteiger partial charge in [0.1, 0.15) is 11.3 Å². The number of halogens is 1. The van der Waals surface area contributed by atoms with Gasteiger partial charge in [-0.1, -0.05) is 15.9 Å². The van der Waals surface area contributed by atoms with Gasteiger partial charge in [0, 0.05) is 11.1 Å². The van der Waals surface area contributed by atoms with Gasteiger partial charge in [0.05, 0.1) is 0 Å². The average molecular weight is 275 g/mol. The van der Waals surface area contributed by atoms with Crippen molar-refractivity contribution < 1.29 is 19.4 Å². The molecule has 1 rings (SSSR count). The SMILES string of the molecule is CCOCOc1cc(Br)ccc1C(=O)O. The van der Waals surface area contributed by atoms with Gasteiger partial charge in [-0.15, -0.1) is 0 Å². The molecule has 1 aromatic rings. The first-order valence-corrected chi connectivity index (χ1v) is 5.18. The summed E-state index contributed by atoms with van der Waals surface area (Å²) in [5.41, 5.74) is 0.123. The molecule has 0 atom stereocenters. The maximum absolute atomic E-state index is 10.8. The third kappa shape index (κ3) is 3.53. The van der Waals surface area contributed by atoms with Gasteiger partial charge in [0.15, 0.2) is 6.79 Å². The summed E-state index contributed by atoms with van der Waals surface area (Å²) < 4.78 is 10.9. The van der Waals surface area contributed by atoms with Gasteiger partial charge >= 0.3 is 5.97 Å². The van der Waals surface area contributed by atoms with Gasteiger partial charge in [0.25, 0.3) is 0 Å². The Morgan fingerprint density at radius 3 is 2.87 bits per heavy atom. The lowest BCUT2D eigenvalue weighted by atomic mass is 10.2. The molecule has 0 aliphatic carbocycles. The van der Waals surface area contributed by atoms with Crippen LogP contribution in [-0.4, -0.2) is 24.5 Å². The fourth-order valence-corrected chi connectivity index (χ4v) is 1.32. The smallest absolute Gasteiger partial charge is 0.339 e. The normalized spacial score (nSPS) is 10.0. The van der Waals surface area contributed by atoms with Crippen LogP contribution in [0, 0.1) is 0 Å². The molecule has 15 heavy (non-hydrogen) atoms. The van der Waals surface area contributed by atoms with Crippen molar-refractivity contribution >= 4 is 21.9 Å². The van der Waals surface area contributed by atoms with Crippen LogP contribution in [0.5, 0.6) is 5.75 Å². The quantitative estimate of drug-likeness (QED) is 0.662. The zero-order valence-corrected chi connectivity index (χ0v) is 9.78. The Bertz CT molecular complexity index is 351. The number of carboxylic acid groups (broad SMARTS) is 1. The van der Waals surface area contributed by atoms with Crippen LogP contribution in [-0.2, 0) is 4.74 Å². The Morgan fingerprint density at radius 2 is 2.27 bits per heavy atom. The lowest BCUT2D eigenvalue weighted by Gasteiger charge is -2.08. The first-order valence-electron chi connectivity index (χ1n) is 4.38. The van der Waals surface area contributed by atoms with Crippen molar-refractivity contribution in [2.75, 3.05) is 13.4 Å². The third-order valence-electron chi connectivity index (χ3n) is 1.68. The summed E-state index contributed by atoms with van der Waals surface area (Å²) in [6, 6.07) is 4.73. The van der Waals surface area contributed by atoms with Crippen LogP contribution in [0.3, 0.4) is 0 Å². The minimum Gasteiger partial charge on any atom is -0.478 e. The van der Waals surface area contributed by atoms with E-state index < -0.39 is 5.97 Å². The van der Waals surface area contributed by atoms with E-state index in [1.54, 1.807) is 12.1 Å². The van der Waals surface area contributed by atoms with Gasteiger partial charge in [0.2, 0.25) is 0 Å². The standard InChI is InChI=1S/C10H11BrO4/c1-2-14-6-15-9-5-7(11)3-4-8(9)10(12)13/h3-5H,2,6H2,1H3,(H,12,13). The second-order valence-electron chi connectivity index (χ2n) is 2.70. The van der Waals surface area contributed by atoms with Crippen molar-refractivity contribution in [3.63, 3.8) is 0 Å². The highest BCUT2D eigenvalue weighted by Crippen LogP contribution is 2.23. The molecule has 82 valence electrons. The third-order valence-corrected chi connectivity index (χ3v) is 2.17. The molecule has 0 bridgehead atoms.